The molecular formula is C20H25NO3. The zero-order chi connectivity index (χ0) is 17.4. The fraction of sp³-hybridized carbons (Fsp3) is 0.350. The monoisotopic (exact) mass is 327 g/mol. The highest BCUT2D eigenvalue weighted by molar-refractivity contribution is 5.80. The van der Waals surface area contributed by atoms with Crippen LogP contribution in [0.15, 0.2) is 48.5 Å². The van der Waals surface area contributed by atoms with Crippen molar-refractivity contribution in [3.8, 4) is 11.5 Å². The molecule has 0 bridgehead atoms. The van der Waals surface area contributed by atoms with Crippen LogP contribution in [0.5, 0.6) is 11.5 Å². The van der Waals surface area contributed by atoms with Crippen molar-refractivity contribution in [2.75, 3.05) is 13.2 Å². The van der Waals surface area contributed by atoms with Gasteiger partial charge in [0, 0.05) is 0 Å². The molecule has 0 saturated carbocycles. The Morgan fingerprint density at radius 3 is 2.71 bits per heavy atom. The zero-order valence-corrected chi connectivity index (χ0v) is 14.5. The van der Waals surface area contributed by atoms with Crippen LogP contribution >= 0.6 is 0 Å². The van der Waals surface area contributed by atoms with Gasteiger partial charge in [-0.2, -0.15) is 0 Å². The molecule has 0 saturated heterocycles. The standard InChI is InChI=1S/C20H25NO3/c1-4-17-9-5-6-11-19(17)24-16(3)20(22)21-12-13-23-18-10-7-8-15(2)14-18/h5-11,14,16H,4,12-13H2,1-3H3,(H,21,22)/t16-/m0/s1. The molecular weight excluding hydrogens is 302 g/mol. The highest BCUT2D eigenvalue weighted by Crippen LogP contribution is 2.19. The molecule has 4 heteroatoms. The summed E-state index contributed by atoms with van der Waals surface area (Å²) in [7, 11) is 0. The number of rotatable bonds is 8. The molecule has 2 aromatic rings. The first-order valence-electron chi connectivity index (χ1n) is 8.32. The van der Waals surface area contributed by atoms with Crippen molar-refractivity contribution in [3.63, 3.8) is 0 Å². The lowest BCUT2D eigenvalue weighted by Crippen LogP contribution is -2.38. The van der Waals surface area contributed by atoms with E-state index in [1.54, 1.807) is 6.92 Å². The van der Waals surface area contributed by atoms with Gasteiger partial charge in [0.15, 0.2) is 6.10 Å². The lowest BCUT2D eigenvalue weighted by Gasteiger charge is -2.17. The van der Waals surface area contributed by atoms with Gasteiger partial charge in [0.25, 0.3) is 5.91 Å². The molecule has 0 aliphatic carbocycles. The van der Waals surface area contributed by atoms with E-state index in [1.807, 2.05) is 55.5 Å². The second-order valence-corrected chi connectivity index (χ2v) is 5.68. The van der Waals surface area contributed by atoms with Gasteiger partial charge in [-0.25, -0.2) is 0 Å². The second kappa shape index (κ2) is 8.96. The summed E-state index contributed by atoms with van der Waals surface area (Å²) >= 11 is 0. The second-order valence-electron chi connectivity index (χ2n) is 5.68. The number of carbonyl (C=O) groups excluding carboxylic acids is 1. The molecule has 0 radical (unpaired) electrons. The normalized spacial score (nSPS) is 11.6. The Hall–Kier alpha value is -2.49. The quantitative estimate of drug-likeness (QED) is 0.755. The fourth-order valence-corrected chi connectivity index (χ4v) is 2.35. The van der Waals surface area contributed by atoms with Crippen LogP contribution in [0.4, 0.5) is 0 Å². The molecule has 0 heterocycles. The van der Waals surface area contributed by atoms with Gasteiger partial charge in [0.2, 0.25) is 0 Å². The van der Waals surface area contributed by atoms with E-state index in [-0.39, 0.29) is 5.91 Å². The summed E-state index contributed by atoms with van der Waals surface area (Å²) in [4.78, 5) is 12.1. The van der Waals surface area contributed by atoms with E-state index in [4.69, 9.17) is 9.47 Å². The molecule has 0 aromatic heterocycles. The summed E-state index contributed by atoms with van der Waals surface area (Å²) in [5.74, 6) is 1.43. The predicted molar refractivity (Wildman–Crippen MR) is 95.6 cm³/mol. The summed E-state index contributed by atoms with van der Waals surface area (Å²) in [6, 6.07) is 15.6. The average Bonchev–Trinajstić information content (AvgIpc) is 2.59. The number of hydrogen-bond acceptors (Lipinski definition) is 3. The van der Waals surface area contributed by atoms with Gasteiger partial charge < -0.3 is 14.8 Å². The van der Waals surface area contributed by atoms with Crippen LogP contribution in [0, 0.1) is 6.92 Å². The number of carbonyl (C=O) groups is 1. The van der Waals surface area contributed by atoms with Crippen LogP contribution in [-0.4, -0.2) is 25.2 Å². The third-order valence-corrected chi connectivity index (χ3v) is 3.69. The molecule has 2 rings (SSSR count). The Labute approximate surface area is 143 Å². The minimum Gasteiger partial charge on any atom is -0.492 e. The first-order valence-corrected chi connectivity index (χ1v) is 8.32. The molecule has 0 unspecified atom stereocenters. The van der Waals surface area contributed by atoms with Crippen molar-refractivity contribution in [2.45, 2.75) is 33.3 Å². The number of ether oxygens (including phenoxy) is 2. The van der Waals surface area contributed by atoms with Crippen molar-refractivity contribution in [3.05, 3.63) is 59.7 Å². The largest absolute Gasteiger partial charge is 0.492 e. The smallest absolute Gasteiger partial charge is 0.260 e. The molecule has 0 aliphatic heterocycles. The lowest BCUT2D eigenvalue weighted by atomic mass is 10.1. The van der Waals surface area contributed by atoms with Crippen molar-refractivity contribution >= 4 is 5.91 Å². The Morgan fingerprint density at radius 1 is 1.17 bits per heavy atom. The maximum Gasteiger partial charge on any atom is 0.260 e. The first kappa shape index (κ1) is 17.9. The average molecular weight is 327 g/mol. The summed E-state index contributed by atoms with van der Waals surface area (Å²) < 4.78 is 11.4. The minimum atomic E-state index is -0.545. The van der Waals surface area contributed by atoms with Gasteiger partial charge in [-0.15, -0.1) is 0 Å². The Morgan fingerprint density at radius 2 is 1.96 bits per heavy atom. The number of para-hydroxylation sites is 1. The van der Waals surface area contributed by atoms with Crippen molar-refractivity contribution in [1.82, 2.24) is 5.32 Å². The van der Waals surface area contributed by atoms with Gasteiger partial charge >= 0.3 is 0 Å². The Bertz CT molecular complexity index is 669. The van der Waals surface area contributed by atoms with Gasteiger partial charge in [0.05, 0.1) is 6.54 Å². The number of amides is 1. The molecule has 128 valence electrons. The summed E-state index contributed by atoms with van der Waals surface area (Å²) in [5, 5.41) is 2.84. The van der Waals surface area contributed by atoms with E-state index in [9.17, 15) is 4.79 Å². The van der Waals surface area contributed by atoms with E-state index in [2.05, 4.69) is 12.2 Å². The molecule has 2 aromatic carbocycles. The van der Waals surface area contributed by atoms with Crippen LogP contribution in [-0.2, 0) is 11.2 Å². The molecule has 1 amide bonds. The molecule has 24 heavy (non-hydrogen) atoms. The third-order valence-electron chi connectivity index (χ3n) is 3.69. The van der Waals surface area contributed by atoms with Gasteiger partial charge in [-0.05, 0) is 49.6 Å². The first-order chi connectivity index (χ1) is 11.6. The van der Waals surface area contributed by atoms with Crippen molar-refractivity contribution < 1.29 is 14.3 Å². The van der Waals surface area contributed by atoms with Gasteiger partial charge in [-0.3, -0.25) is 4.79 Å². The van der Waals surface area contributed by atoms with E-state index >= 15 is 0 Å². The molecule has 4 nitrogen and oxygen atoms in total. The molecule has 1 N–H and O–H groups in total. The Balaban J connectivity index is 1.75. The van der Waals surface area contributed by atoms with Crippen LogP contribution in [0.25, 0.3) is 0 Å². The highest BCUT2D eigenvalue weighted by atomic mass is 16.5. The van der Waals surface area contributed by atoms with Crippen LogP contribution in [0.2, 0.25) is 0 Å². The number of hydrogen-bond donors (Lipinski definition) is 1. The molecule has 0 aliphatic rings. The Kier molecular flexibility index (Phi) is 6.67. The van der Waals surface area contributed by atoms with Crippen LogP contribution < -0.4 is 14.8 Å². The SMILES string of the molecule is CCc1ccccc1O[C@@H](C)C(=O)NCCOc1cccc(C)c1. The highest BCUT2D eigenvalue weighted by Gasteiger charge is 2.15. The van der Waals surface area contributed by atoms with E-state index in [0.717, 1.165) is 29.0 Å². The summed E-state index contributed by atoms with van der Waals surface area (Å²) in [6.45, 7) is 6.70. The molecule has 0 spiro atoms. The lowest BCUT2D eigenvalue weighted by molar-refractivity contribution is -0.127. The van der Waals surface area contributed by atoms with E-state index in [0.29, 0.717) is 13.2 Å². The third kappa shape index (κ3) is 5.30. The van der Waals surface area contributed by atoms with Crippen LogP contribution in [0.3, 0.4) is 0 Å². The van der Waals surface area contributed by atoms with Gasteiger partial charge in [0.1, 0.15) is 18.1 Å². The fourth-order valence-electron chi connectivity index (χ4n) is 2.35. The molecule has 1 atom stereocenters. The molecule has 0 fully saturated rings. The number of aryl methyl sites for hydroxylation is 2. The van der Waals surface area contributed by atoms with Crippen LogP contribution in [0.1, 0.15) is 25.0 Å². The predicted octanol–water partition coefficient (Wildman–Crippen LogP) is 3.52. The summed E-state index contributed by atoms with van der Waals surface area (Å²) in [6.07, 6.45) is 0.325. The van der Waals surface area contributed by atoms with E-state index in [1.165, 1.54) is 0 Å². The van der Waals surface area contributed by atoms with Crippen molar-refractivity contribution in [2.24, 2.45) is 0 Å². The maximum atomic E-state index is 12.1. The van der Waals surface area contributed by atoms with E-state index < -0.39 is 6.10 Å². The number of nitrogens with one attached hydrogen (secondary N) is 1. The zero-order valence-electron chi connectivity index (χ0n) is 14.5. The minimum absolute atomic E-state index is 0.145. The maximum absolute atomic E-state index is 12.1. The number of benzene rings is 2. The van der Waals surface area contributed by atoms with Crippen molar-refractivity contribution in [1.29, 1.82) is 0 Å². The topological polar surface area (TPSA) is 47.6 Å². The summed E-state index contributed by atoms with van der Waals surface area (Å²) in [5.41, 5.74) is 2.24. The van der Waals surface area contributed by atoms with Gasteiger partial charge in [-0.1, -0.05) is 37.3 Å².